The Bertz CT molecular complexity index is 613. The number of ether oxygens (including phenoxy) is 1. The summed E-state index contributed by atoms with van der Waals surface area (Å²) in [5.74, 6) is 0.344. The molecule has 1 aromatic heterocycles. The van der Waals surface area contributed by atoms with Crippen LogP contribution in [0.1, 0.15) is 35.9 Å². The molecule has 0 radical (unpaired) electrons. The number of benzene rings is 1. The molecule has 2 aromatic rings. The lowest BCUT2D eigenvalue weighted by Crippen LogP contribution is -1.97. The highest BCUT2D eigenvalue weighted by Gasteiger charge is 2.13. The Morgan fingerprint density at radius 3 is 2.79 bits per heavy atom. The van der Waals surface area contributed by atoms with Gasteiger partial charge in [-0.2, -0.15) is 9.36 Å². The Balaban J connectivity index is 2.26. The number of carbonyl (C=O) groups is 1. The monoisotopic (exact) mass is 342 g/mol. The minimum absolute atomic E-state index is 0.159. The molecule has 0 fully saturated rings. The summed E-state index contributed by atoms with van der Waals surface area (Å²) in [5, 5.41) is 9.34. The molecule has 1 heterocycles. The molecule has 0 aliphatic heterocycles. The van der Waals surface area contributed by atoms with Crippen LogP contribution in [0.3, 0.4) is 0 Å². The molecule has 0 saturated carbocycles. The Morgan fingerprint density at radius 2 is 2.21 bits per heavy atom. The summed E-state index contributed by atoms with van der Waals surface area (Å²) in [7, 11) is 0. The van der Waals surface area contributed by atoms with E-state index in [1.165, 1.54) is 12.1 Å². The lowest BCUT2D eigenvalue weighted by atomic mass is 10.2. The minimum atomic E-state index is -1.00. The van der Waals surface area contributed by atoms with Gasteiger partial charge in [0.05, 0.1) is 10.0 Å². The molecule has 0 aliphatic carbocycles. The first-order valence-corrected chi connectivity index (χ1v) is 7.08. The molecule has 0 aliphatic rings. The highest BCUT2D eigenvalue weighted by molar-refractivity contribution is 9.10. The quantitative estimate of drug-likeness (QED) is 0.911. The number of carboxylic acids is 1. The van der Waals surface area contributed by atoms with E-state index in [1.807, 2.05) is 13.8 Å². The Kier molecular flexibility index (Phi) is 4.16. The maximum absolute atomic E-state index is 10.9. The molecule has 0 spiro atoms. The number of aromatic carboxylic acids is 1. The van der Waals surface area contributed by atoms with Crippen molar-refractivity contribution in [3.63, 3.8) is 0 Å². The van der Waals surface area contributed by atoms with Crippen molar-refractivity contribution < 1.29 is 14.6 Å². The molecule has 1 aromatic carbocycles. The van der Waals surface area contributed by atoms with Crippen molar-refractivity contribution in [1.82, 2.24) is 9.36 Å². The summed E-state index contributed by atoms with van der Waals surface area (Å²) in [6, 6.07) is 4.57. The number of nitrogens with zero attached hydrogens (tertiary/aromatic N) is 2. The molecule has 0 atom stereocenters. The van der Waals surface area contributed by atoms with Crippen molar-refractivity contribution in [3.05, 3.63) is 34.1 Å². The highest BCUT2D eigenvalue weighted by Crippen LogP contribution is 2.32. The van der Waals surface area contributed by atoms with E-state index in [1.54, 1.807) is 6.07 Å². The SMILES string of the molecule is CC(C)c1nsc(Oc2cc(C(=O)O)ccc2Br)n1. The van der Waals surface area contributed by atoms with Crippen LogP contribution < -0.4 is 4.74 Å². The number of rotatable bonds is 4. The van der Waals surface area contributed by atoms with E-state index in [0.29, 0.717) is 21.2 Å². The molecular formula is C12H11BrN2O3S. The third kappa shape index (κ3) is 3.30. The summed E-state index contributed by atoms with van der Waals surface area (Å²) in [6.45, 7) is 3.99. The second kappa shape index (κ2) is 5.66. The van der Waals surface area contributed by atoms with Gasteiger partial charge >= 0.3 is 5.97 Å². The van der Waals surface area contributed by atoms with Crippen molar-refractivity contribution in [1.29, 1.82) is 0 Å². The lowest BCUT2D eigenvalue weighted by Gasteiger charge is -2.05. The molecule has 0 unspecified atom stereocenters. The van der Waals surface area contributed by atoms with E-state index in [4.69, 9.17) is 9.84 Å². The molecule has 0 amide bonds. The van der Waals surface area contributed by atoms with Gasteiger partial charge in [0.25, 0.3) is 5.19 Å². The van der Waals surface area contributed by atoms with Gasteiger partial charge in [0.1, 0.15) is 11.6 Å². The molecule has 1 N–H and O–H groups in total. The van der Waals surface area contributed by atoms with E-state index in [0.717, 1.165) is 11.5 Å². The van der Waals surface area contributed by atoms with E-state index in [-0.39, 0.29) is 11.5 Å². The van der Waals surface area contributed by atoms with Crippen molar-refractivity contribution in [2.45, 2.75) is 19.8 Å². The minimum Gasteiger partial charge on any atom is -0.478 e. The predicted octanol–water partition coefficient (Wildman–Crippen LogP) is 3.91. The zero-order valence-corrected chi connectivity index (χ0v) is 12.7. The molecular weight excluding hydrogens is 332 g/mol. The second-order valence-corrected chi connectivity index (χ2v) is 5.69. The zero-order chi connectivity index (χ0) is 14.0. The first-order chi connectivity index (χ1) is 8.97. The normalized spacial score (nSPS) is 10.7. The van der Waals surface area contributed by atoms with Crippen LogP contribution in [0.4, 0.5) is 0 Å². The van der Waals surface area contributed by atoms with E-state index in [2.05, 4.69) is 25.3 Å². The van der Waals surface area contributed by atoms with Gasteiger partial charge in [-0.1, -0.05) is 13.8 Å². The van der Waals surface area contributed by atoms with Gasteiger partial charge in [-0.3, -0.25) is 0 Å². The zero-order valence-electron chi connectivity index (χ0n) is 10.3. The van der Waals surface area contributed by atoms with Gasteiger partial charge in [0.2, 0.25) is 0 Å². The van der Waals surface area contributed by atoms with Crippen molar-refractivity contribution >= 4 is 33.4 Å². The molecule has 0 bridgehead atoms. The third-order valence-electron chi connectivity index (χ3n) is 2.31. The highest BCUT2D eigenvalue weighted by atomic mass is 79.9. The van der Waals surface area contributed by atoms with Crippen LogP contribution in [-0.2, 0) is 0 Å². The standard InChI is InChI=1S/C12H11BrN2O3S/c1-6(2)10-14-12(19-15-10)18-9-5-7(11(16)17)3-4-8(9)13/h3-6H,1-2H3,(H,16,17). The number of hydrogen-bond donors (Lipinski definition) is 1. The maximum atomic E-state index is 10.9. The molecule has 2 rings (SSSR count). The summed E-state index contributed by atoms with van der Waals surface area (Å²) >= 11 is 4.46. The molecule has 0 saturated heterocycles. The summed E-state index contributed by atoms with van der Waals surface area (Å²) < 4.78 is 10.4. The number of hydrogen-bond acceptors (Lipinski definition) is 5. The Hall–Kier alpha value is -1.47. The largest absolute Gasteiger partial charge is 0.478 e. The van der Waals surface area contributed by atoms with Crippen LogP contribution >= 0.6 is 27.5 Å². The van der Waals surface area contributed by atoms with Crippen molar-refractivity contribution in [2.24, 2.45) is 0 Å². The van der Waals surface area contributed by atoms with Crippen LogP contribution in [-0.4, -0.2) is 20.4 Å². The fourth-order valence-corrected chi connectivity index (χ4v) is 2.32. The van der Waals surface area contributed by atoms with Gasteiger partial charge in [0.15, 0.2) is 0 Å². The van der Waals surface area contributed by atoms with Crippen molar-refractivity contribution in [2.75, 3.05) is 0 Å². The topological polar surface area (TPSA) is 72.3 Å². The fraction of sp³-hybridized carbons (Fsp3) is 0.250. The van der Waals surface area contributed by atoms with Crippen LogP contribution in [0.25, 0.3) is 0 Å². The summed E-state index contributed by atoms with van der Waals surface area (Å²) in [6.07, 6.45) is 0. The summed E-state index contributed by atoms with van der Waals surface area (Å²) in [5.41, 5.74) is 0.159. The maximum Gasteiger partial charge on any atom is 0.335 e. The van der Waals surface area contributed by atoms with Crippen LogP contribution in [0.5, 0.6) is 10.9 Å². The third-order valence-corrected chi connectivity index (χ3v) is 3.58. The van der Waals surface area contributed by atoms with E-state index < -0.39 is 5.97 Å². The number of aromatic nitrogens is 2. The number of halogens is 1. The summed E-state index contributed by atoms with van der Waals surface area (Å²) in [4.78, 5) is 15.2. The van der Waals surface area contributed by atoms with E-state index in [9.17, 15) is 4.79 Å². The fourth-order valence-electron chi connectivity index (χ4n) is 1.30. The van der Waals surface area contributed by atoms with Crippen molar-refractivity contribution in [3.8, 4) is 10.9 Å². The average molecular weight is 343 g/mol. The molecule has 7 heteroatoms. The Morgan fingerprint density at radius 1 is 1.47 bits per heavy atom. The van der Waals surface area contributed by atoms with Crippen LogP contribution in [0, 0.1) is 0 Å². The van der Waals surface area contributed by atoms with Gasteiger partial charge < -0.3 is 9.84 Å². The average Bonchev–Trinajstić information content (AvgIpc) is 2.80. The van der Waals surface area contributed by atoms with Gasteiger partial charge in [0, 0.05) is 17.5 Å². The van der Waals surface area contributed by atoms with Gasteiger partial charge in [-0.05, 0) is 34.1 Å². The van der Waals surface area contributed by atoms with Gasteiger partial charge in [-0.15, -0.1) is 0 Å². The van der Waals surface area contributed by atoms with Gasteiger partial charge in [-0.25, -0.2) is 4.79 Å². The Labute approximate surface area is 122 Å². The molecule has 5 nitrogen and oxygen atoms in total. The predicted molar refractivity (Wildman–Crippen MR) is 75.2 cm³/mol. The first-order valence-electron chi connectivity index (χ1n) is 5.51. The van der Waals surface area contributed by atoms with Crippen LogP contribution in [0.2, 0.25) is 0 Å². The lowest BCUT2D eigenvalue weighted by molar-refractivity contribution is 0.0696. The first kappa shape index (κ1) is 14.0. The van der Waals surface area contributed by atoms with E-state index >= 15 is 0 Å². The van der Waals surface area contributed by atoms with Crippen LogP contribution in [0.15, 0.2) is 22.7 Å². The smallest absolute Gasteiger partial charge is 0.335 e. The molecule has 19 heavy (non-hydrogen) atoms. The second-order valence-electron chi connectivity index (χ2n) is 4.13. The number of carboxylic acid groups (broad SMARTS) is 1. The molecule has 100 valence electrons.